The zero-order chi connectivity index (χ0) is 9.42. The van der Waals surface area contributed by atoms with Gasteiger partial charge < -0.3 is 4.90 Å². The van der Waals surface area contributed by atoms with Crippen LogP contribution in [0.4, 0.5) is 4.39 Å². The lowest BCUT2D eigenvalue weighted by Gasteiger charge is -2.40. The average Bonchev–Trinajstić information content (AvgIpc) is 2.19. The number of hydrogen-bond acceptors (Lipinski definition) is 1. The van der Waals surface area contributed by atoms with Crippen molar-refractivity contribution < 1.29 is 9.18 Å². The fourth-order valence-corrected chi connectivity index (χ4v) is 1.62. The molecule has 1 amide bonds. The molecule has 68 valence electrons. The van der Waals surface area contributed by atoms with Gasteiger partial charge in [0.2, 0.25) is 6.17 Å². The highest BCUT2D eigenvalue weighted by Crippen LogP contribution is 2.35. The quantitative estimate of drug-likeness (QED) is 0.599. The number of alkyl halides is 1. The van der Waals surface area contributed by atoms with E-state index in [0.717, 1.165) is 5.56 Å². The standard InChI is InChI=1S/C10H10FNO/c1-12-9(8(11)10(12)13)7-5-3-2-4-6-7/h2-6,8-9H,1H3/t8-,9+/m1/s1. The van der Waals surface area contributed by atoms with Gasteiger partial charge in [-0.15, -0.1) is 0 Å². The molecule has 1 fully saturated rings. The Balaban J connectivity index is 2.25. The van der Waals surface area contributed by atoms with E-state index in [1.54, 1.807) is 7.05 Å². The normalized spacial score (nSPS) is 27.2. The van der Waals surface area contributed by atoms with Crippen LogP contribution in [0.15, 0.2) is 30.3 Å². The van der Waals surface area contributed by atoms with Gasteiger partial charge in [0.05, 0.1) is 6.04 Å². The molecule has 13 heavy (non-hydrogen) atoms. The minimum Gasteiger partial charge on any atom is -0.333 e. The average molecular weight is 179 g/mol. The predicted molar refractivity (Wildman–Crippen MR) is 46.8 cm³/mol. The van der Waals surface area contributed by atoms with Crippen molar-refractivity contribution in [2.75, 3.05) is 7.05 Å². The van der Waals surface area contributed by atoms with E-state index in [2.05, 4.69) is 0 Å². The molecule has 0 radical (unpaired) electrons. The molecule has 1 heterocycles. The minimum atomic E-state index is -1.35. The highest BCUT2D eigenvalue weighted by molar-refractivity contribution is 5.88. The molecule has 2 atom stereocenters. The molecule has 0 saturated carbocycles. The summed E-state index contributed by atoms with van der Waals surface area (Å²) >= 11 is 0. The van der Waals surface area contributed by atoms with Crippen molar-refractivity contribution in [2.24, 2.45) is 0 Å². The van der Waals surface area contributed by atoms with Crippen molar-refractivity contribution in [3.05, 3.63) is 35.9 Å². The SMILES string of the molecule is CN1C(=O)[C@H](F)[C@@H]1c1ccccc1. The Labute approximate surface area is 76.0 Å². The molecule has 0 bridgehead atoms. The summed E-state index contributed by atoms with van der Waals surface area (Å²) in [6, 6.07) is 8.85. The number of β-lactam (4-membered cyclic amide) rings is 1. The molecule has 0 spiro atoms. The Morgan fingerprint density at radius 2 is 1.92 bits per heavy atom. The lowest BCUT2D eigenvalue weighted by Crippen LogP contribution is -2.54. The van der Waals surface area contributed by atoms with Crippen molar-refractivity contribution in [3.8, 4) is 0 Å². The van der Waals surface area contributed by atoms with Crippen LogP contribution in [0.5, 0.6) is 0 Å². The largest absolute Gasteiger partial charge is 0.333 e. The Bertz CT molecular complexity index is 313. The second-order valence-corrected chi connectivity index (χ2v) is 3.21. The van der Waals surface area contributed by atoms with Gasteiger partial charge >= 0.3 is 0 Å². The molecule has 3 heteroatoms. The summed E-state index contributed by atoms with van der Waals surface area (Å²) in [6.07, 6.45) is -1.35. The van der Waals surface area contributed by atoms with Crippen LogP contribution < -0.4 is 0 Å². The number of amides is 1. The lowest BCUT2D eigenvalue weighted by atomic mass is 9.93. The highest BCUT2D eigenvalue weighted by Gasteiger charge is 2.46. The summed E-state index contributed by atoms with van der Waals surface area (Å²) in [7, 11) is 1.62. The summed E-state index contributed by atoms with van der Waals surface area (Å²) in [5, 5.41) is 0. The molecule has 1 aliphatic rings. The van der Waals surface area contributed by atoms with E-state index in [0.29, 0.717) is 0 Å². The van der Waals surface area contributed by atoms with Gasteiger partial charge in [0.25, 0.3) is 5.91 Å². The second kappa shape index (κ2) is 2.83. The van der Waals surface area contributed by atoms with Gasteiger partial charge in [-0.2, -0.15) is 0 Å². The van der Waals surface area contributed by atoms with Crippen molar-refractivity contribution >= 4 is 5.91 Å². The fraction of sp³-hybridized carbons (Fsp3) is 0.300. The molecule has 1 aromatic rings. The number of nitrogens with zero attached hydrogens (tertiary/aromatic N) is 1. The third-order valence-corrected chi connectivity index (χ3v) is 2.42. The van der Waals surface area contributed by atoms with E-state index in [9.17, 15) is 9.18 Å². The molecule has 0 N–H and O–H groups in total. The summed E-state index contributed by atoms with van der Waals surface area (Å²) in [5.74, 6) is -0.422. The van der Waals surface area contributed by atoms with Gasteiger partial charge in [-0.1, -0.05) is 30.3 Å². The zero-order valence-corrected chi connectivity index (χ0v) is 7.27. The number of halogens is 1. The summed E-state index contributed by atoms with van der Waals surface area (Å²) in [6.45, 7) is 0. The van der Waals surface area contributed by atoms with E-state index in [4.69, 9.17) is 0 Å². The minimum absolute atomic E-state index is 0.381. The number of benzene rings is 1. The second-order valence-electron chi connectivity index (χ2n) is 3.21. The van der Waals surface area contributed by atoms with Crippen LogP contribution in [-0.4, -0.2) is 24.0 Å². The fourth-order valence-electron chi connectivity index (χ4n) is 1.62. The molecule has 0 aliphatic carbocycles. The Morgan fingerprint density at radius 1 is 1.31 bits per heavy atom. The number of carbonyl (C=O) groups excluding carboxylic acids is 1. The number of hydrogen-bond donors (Lipinski definition) is 0. The third-order valence-electron chi connectivity index (χ3n) is 2.42. The molecular weight excluding hydrogens is 169 g/mol. The molecule has 2 rings (SSSR count). The van der Waals surface area contributed by atoms with E-state index >= 15 is 0 Å². The van der Waals surface area contributed by atoms with Crippen molar-refractivity contribution in [3.63, 3.8) is 0 Å². The van der Waals surface area contributed by atoms with E-state index in [-0.39, 0.29) is 6.04 Å². The number of carbonyl (C=O) groups is 1. The van der Waals surface area contributed by atoms with Crippen LogP contribution in [0.3, 0.4) is 0 Å². The summed E-state index contributed by atoms with van der Waals surface area (Å²) in [4.78, 5) is 12.3. The van der Waals surface area contributed by atoms with E-state index in [1.165, 1.54) is 4.90 Å². The zero-order valence-electron chi connectivity index (χ0n) is 7.27. The van der Waals surface area contributed by atoms with Crippen LogP contribution in [0.2, 0.25) is 0 Å². The molecule has 0 unspecified atom stereocenters. The smallest absolute Gasteiger partial charge is 0.260 e. The van der Waals surface area contributed by atoms with Crippen molar-refractivity contribution in [1.82, 2.24) is 4.90 Å². The number of likely N-dealkylation sites (tertiary alicyclic amines) is 1. The first-order valence-electron chi connectivity index (χ1n) is 4.17. The summed E-state index contributed by atoms with van der Waals surface area (Å²) in [5.41, 5.74) is 0.858. The van der Waals surface area contributed by atoms with Gasteiger partial charge in [0.1, 0.15) is 0 Å². The van der Waals surface area contributed by atoms with Gasteiger partial charge in [-0.3, -0.25) is 4.79 Å². The topological polar surface area (TPSA) is 20.3 Å². The monoisotopic (exact) mass is 179 g/mol. The van der Waals surface area contributed by atoms with Crippen LogP contribution in [-0.2, 0) is 4.79 Å². The van der Waals surface area contributed by atoms with Gasteiger partial charge in [0, 0.05) is 7.05 Å². The third kappa shape index (κ3) is 1.11. The van der Waals surface area contributed by atoms with E-state index in [1.807, 2.05) is 30.3 Å². The van der Waals surface area contributed by atoms with Crippen LogP contribution in [0.25, 0.3) is 0 Å². The van der Waals surface area contributed by atoms with E-state index < -0.39 is 12.1 Å². The Kier molecular flexibility index (Phi) is 1.79. The lowest BCUT2D eigenvalue weighted by molar-refractivity contribution is -0.155. The predicted octanol–water partition coefficient (Wildman–Crippen LogP) is 1.54. The first-order valence-corrected chi connectivity index (χ1v) is 4.17. The first kappa shape index (κ1) is 8.23. The molecule has 2 nitrogen and oxygen atoms in total. The van der Waals surface area contributed by atoms with Crippen LogP contribution >= 0.6 is 0 Å². The van der Waals surface area contributed by atoms with Crippen LogP contribution in [0.1, 0.15) is 11.6 Å². The maximum Gasteiger partial charge on any atom is 0.260 e. The first-order chi connectivity index (χ1) is 6.22. The Morgan fingerprint density at radius 3 is 2.46 bits per heavy atom. The van der Waals surface area contributed by atoms with Gasteiger partial charge in [0.15, 0.2) is 0 Å². The van der Waals surface area contributed by atoms with Crippen molar-refractivity contribution in [2.45, 2.75) is 12.2 Å². The van der Waals surface area contributed by atoms with Gasteiger partial charge in [-0.25, -0.2) is 4.39 Å². The Hall–Kier alpha value is -1.38. The van der Waals surface area contributed by atoms with Crippen molar-refractivity contribution in [1.29, 1.82) is 0 Å². The molecule has 1 saturated heterocycles. The molecule has 1 aliphatic heterocycles. The maximum atomic E-state index is 13.1. The highest BCUT2D eigenvalue weighted by atomic mass is 19.1. The molecular formula is C10H10FNO. The number of rotatable bonds is 1. The molecule has 1 aromatic carbocycles. The van der Waals surface area contributed by atoms with Crippen LogP contribution in [0, 0.1) is 0 Å². The maximum absolute atomic E-state index is 13.1. The summed E-state index contributed by atoms with van der Waals surface area (Å²) < 4.78 is 13.1. The van der Waals surface area contributed by atoms with Gasteiger partial charge in [-0.05, 0) is 5.56 Å². The molecule has 0 aromatic heterocycles.